The van der Waals surface area contributed by atoms with Gasteiger partial charge in [-0.15, -0.1) is 0 Å². The van der Waals surface area contributed by atoms with Crippen LogP contribution in [-0.2, 0) is 34.9 Å². The third-order valence-corrected chi connectivity index (χ3v) is 5.50. The Bertz CT molecular complexity index is 773. The van der Waals surface area contributed by atoms with Gasteiger partial charge in [-0.3, -0.25) is 4.79 Å². The summed E-state index contributed by atoms with van der Waals surface area (Å²) in [7, 11) is 0. The first-order valence-corrected chi connectivity index (χ1v) is 8.79. The number of carbonyl (C=O) groups excluding carboxylic acids is 1. The van der Waals surface area contributed by atoms with Crippen molar-refractivity contribution in [2.24, 2.45) is 5.92 Å². The lowest BCUT2D eigenvalue weighted by Gasteiger charge is -2.31. The molecule has 1 saturated carbocycles. The minimum absolute atomic E-state index is 0.183. The van der Waals surface area contributed by atoms with E-state index in [0.29, 0.717) is 26.2 Å². The first-order valence-electron chi connectivity index (χ1n) is 8.79. The summed E-state index contributed by atoms with van der Waals surface area (Å²) in [5.41, 5.74) is 0.881. The van der Waals surface area contributed by atoms with Crippen LogP contribution in [0.4, 0.5) is 0 Å². The Kier molecular flexibility index (Phi) is 3.08. The largest absolute Gasteiger partial charge is 0.466 e. The van der Waals surface area contributed by atoms with Gasteiger partial charge in [0.2, 0.25) is 5.79 Å². The van der Waals surface area contributed by atoms with E-state index in [9.17, 15) is 4.79 Å². The van der Waals surface area contributed by atoms with E-state index >= 15 is 0 Å². The summed E-state index contributed by atoms with van der Waals surface area (Å²) < 4.78 is 23.2. The van der Waals surface area contributed by atoms with Crippen LogP contribution in [0.25, 0.3) is 0 Å². The standard InChI is InChI=1S/C20H20O5/c1-2-22-17(21)16-13-20(16)15-6-4-3-5-14(15)18(25-20)7-9-19(10-8-18)23-11-12-24-19/h3-10,16H,2,11-13H2,1H3/t16-,20-/m1/s1. The maximum absolute atomic E-state index is 12.3. The molecule has 1 saturated heterocycles. The molecule has 5 heteroatoms. The molecule has 0 amide bonds. The highest BCUT2D eigenvalue weighted by molar-refractivity contribution is 5.79. The molecule has 5 rings (SSSR count). The molecule has 5 nitrogen and oxygen atoms in total. The van der Waals surface area contributed by atoms with Crippen molar-refractivity contribution in [3.63, 3.8) is 0 Å². The Labute approximate surface area is 146 Å². The number of hydrogen-bond donors (Lipinski definition) is 0. The molecular formula is C20H20O5. The molecule has 3 spiro atoms. The zero-order valence-corrected chi connectivity index (χ0v) is 14.1. The van der Waals surface area contributed by atoms with E-state index in [2.05, 4.69) is 12.1 Å². The molecule has 0 bridgehead atoms. The summed E-state index contributed by atoms with van der Waals surface area (Å²) in [4.78, 5) is 12.3. The van der Waals surface area contributed by atoms with Gasteiger partial charge in [0, 0.05) is 0 Å². The van der Waals surface area contributed by atoms with E-state index in [0.717, 1.165) is 11.1 Å². The van der Waals surface area contributed by atoms with Gasteiger partial charge in [0.15, 0.2) is 0 Å². The minimum atomic E-state index is -0.774. The van der Waals surface area contributed by atoms with Crippen LogP contribution in [-0.4, -0.2) is 31.6 Å². The van der Waals surface area contributed by atoms with Crippen LogP contribution in [0.3, 0.4) is 0 Å². The fourth-order valence-electron chi connectivity index (χ4n) is 4.25. The third kappa shape index (κ3) is 2.03. The Morgan fingerprint density at radius 2 is 1.80 bits per heavy atom. The molecule has 0 aromatic heterocycles. The summed E-state index contributed by atoms with van der Waals surface area (Å²) in [6.07, 6.45) is 8.47. The highest BCUT2D eigenvalue weighted by Crippen LogP contribution is 2.65. The molecule has 2 aliphatic carbocycles. The number of fused-ring (bicyclic) bond motifs is 3. The Balaban J connectivity index is 1.53. The van der Waals surface area contributed by atoms with Gasteiger partial charge in [0.25, 0.3) is 0 Å². The summed E-state index contributed by atoms with van der Waals surface area (Å²) in [6, 6.07) is 8.11. The maximum atomic E-state index is 12.3. The minimum Gasteiger partial charge on any atom is -0.466 e. The summed E-state index contributed by atoms with van der Waals surface area (Å²) in [6.45, 7) is 3.36. The van der Waals surface area contributed by atoms with Crippen LogP contribution in [0.1, 0.15) is 24.5 Å². The van der Waals surface area contributed by atoms with Crippen molar-refractivity contribution < 1.29 is 23.7 Å². The van der Waals surface area contributed by atoms with Crippen molar-refractivity contribution >= 4 is 5.97 Å². The topological polar surface area (TPSA) is 54.0 Å². The van der Waals surface area contributed by atoms with E-state index in [1.807, 2.05) is 43.4 Å². The van der Waals surface area contributed by atoms with Crippen LogP contribution in [0.2, 0.25) is 0 Å². The highest BCUT2D eigenvalue weighted by atomic mass is 16.7. The quantitative estimate of drug-likeness (QED) is 0.612. The predicted molar refractivity (Wildman–Crippen MR) is 88.5 cm³/mol. The molecule has 0 unspecified atom stereocenters. The third-order valence-electron chi connectivity index (χ3n) is 5.50. The van der Waals surface area contributed by atoms with Crippen LogP contribution in [0.5, 0.6) is 0 Å². The Hall–Kier alpha value is -1.95. The fraction of sp³-hybridized carbons (Fsp3) is 0.450. The molecule has 1 aromatic rings. The molecule has 2 aliphatic heterocycles. The number of benzene rings is 1. The smallest absolute Gasteiger partial charge is 0.312 e. The number of rotatable bonds is 2. The van der Waals surface area contributed by atoms with Crippen molar-refractivity contribution in [2.45, 2.75) is 30.3 Å². The second-order valence-electron chi connectivity index (χ2n) is 6.92. The number of carbonyl (C=O) groups is 1. The van der Waals surface area contributed by atoms with Crippen LogP contribution < -0.4 is 0 Å². The van der Waals surface area contributed by atoms with Crippen LogP contribution in [0, 0.1) is 5.92 Å². The second kappa shape index (κ2) is 5.04. The predicted octanol–water partition coefficient (Wildman–Crippen LogP) is 2.56. The Morgan fingerprint density at radius 1 is 1.12 bits per heavy atom. The van der Waals surface area contributed by atoms with Gasteiger partial charge in [-0.25, -0.2) is 0 Å². The van der Waals surface area contributed by atoms with E-state index in [1.54, 1.807) is 0 Å². The summed E-state index contributed by atoms with van der Waals surface area (Å²) in [5.74, 6) is -1.20. The molecule has 1 aromatic carbocycles. The summed E-state index contributed by atoms with van der Waals surface area (Å²) >= 11 is 0. The number of hydrogen-bond acceptors (Lipinski definition) is 5. The molecule has 2 heterocycles. The second-order valence-corrected chi connectivity index (χ2v) is 6.92. The molecule has 4 aliphatic rings. The average molecular weight is 340 g/mol. The van der Waals surface area contributed by atoms with E-state index in [1.165, 1.54) is 0 Å². The Morgan fingerprint density at radius 3 is 2.48 bits per heavy atom. The van der Waals surface area contributed by atoms with Gasteiger partial charge in [0.1, 0.15) is 11.2 Å². The van der Waals surface area contributed by atoms with Gasteiger partial charge in [-0.2, -0.15) is 0 Å². The van der Waals surface area contributed by atoms with Gasteiger partial charge in [-0.05, 0) is 48.8 Å². The lowest BCUT2D eigenvalue weighted by atomic mass is 9.86. The maximum Gasteiger partial charge on any atom is 0.312 e. The lowest BCUT2D eigenvalue weighted by molar-refractivity contribution is -0.148. The molecule has 130 valence electrons. The van der Waals surface area contributed by atoms with Gasteiger partial charge >= 0.3 is 5.97 Å². The first-order chi connectivity index (χ1) is 12.1. The first kappa shape index (κ1) is 15.3. The van der Waals surface area contributed by atoms with E-state index in [-0.39, 0.29) is 11.9 Å². The molecule has 25 heavy (non-hydrogen) atoms. The summed E-state index contributed by atoms with van der Waals surface area (Å²) in [5, 5.41) is 0. The van der Waals surface area contributed by atoms with Crippen LogP contribution >= 0.6 is 0 Å². The van der Waals surface area contributed by atoms with Gasteiger partial charge < -0.3 is 18.9 Å². The number of ether oxygens (including phenoxy) is 4. The zero-order valence-electron chi connectivity index (χ0n) is 14.1. The normalized spacial score (nSPS) is 32.4. The van der Waals surface area contributed by atoms with Crippen LogP contribution in [0.15, 0.2) is 48.6 Å². The van der Waals surface area contributed by atoms with Crippen molar-refractivity contribution in [3.8, 4) is 0 Å². The van der Waals surface area contributed by atoms with Gasteiger partial charge in [0.05, 0.1) is 25.7 Å². The fourth-order valence-corrected chi connectivity index (χ4v) is 4.25. The molecular weight excluding hydrogens is 320 g/mol. The number of esters is 1. The molecule has 2 atom stereocenters. The zero-order chi connectivity index (χ0) is 17.1. The molecule has 0 N–H and O–H groups in total. The van der Waals surface area contributed by atoms with E-state index in [4.69, 9.17) is 18.9 Å². The van der Waals surface area contributed by atoms with Crippen molar-refractivity contribution in [3.05, 3.63) is 59.7 Å². The van der Waals surface area contributed by atoms with E-state index < -0.39 is 17.0 Å². The monoisotopic (exact) mass is 340 g/mol. The van der Waals surface area contributed by atoms with Gasteiger partial charge in [-0.1, -0.05) is 24.3 Å². The SMILES string of the molecule is CCOC(=O)[C@H]1C[C@]12OC1(C=CC3(C=C1)OCCO3)c1ccccc12. The molecule has 2 fully saturated rings. The molecule has 0 radical (unpaired) electrons. The lowest BCUT2D eigenvalue weighted by Crippen LogP contribution is -2.33. The average Bonchev–Trinajstić information content (AvgIpc) is 3.05. The van der Waals surface area contributed by atoms with Crippen molar-refractivity contribution in [2.75, 3.05) is 19.8 Å². The highest BCUT2D eigenvalue weighted by Gasteiger charge is 2.69. The van der Waals surface area contributed by atoms with Crippen molar-refractivity contribution in [1.82, 2.24) is 0 Å². The van der Waals surface area contributed by atoms with Crippen molar-refractivity contribution in [1.29, 1.82) is 0 Å².